The molecule has 2 saturated heterocycles. The largest absolute Gasteiger partial charge is 0.447 e. The third-order valence-electron chi connectivity index (χ3n) is 5.62. The van der Waals surface area contributed by atoms with Crippen molar-refractivity contribution in [3.8, 4) is 0 Å². The van der Waals surface area contributed by atoms with Crippen LogP contribution in [0.4, 0.5) is 16.3 Å². The number of rotatable bonds is 4. The fraction of sp³-hybridized carbons (Fsp3) is 0.409. The number of aromatic nitrogens is 1. The highest BCUT2D eigenvalue weighted by Gasteiger charge is 2.33. The topological polar surface area (TPSA) is 86.2 Å². The number of aryl methyl sites for hydroxylation is 2. The average Bonchev–Trinajstić information content (AvgIpc) is 3.14. The minimum atomic E-state index is -0.482. The van der Waals surface area contributed by atoms with Crippen molar-refractivity contribution in [2.24, 2.45) is 0 Å². The molecule has 0 spiro atoms. The Morgan fingerprint density at radius 1 is 1.17 bits per heavy atom. The Bertz CT molecular complexity index is 939. The Hall–Kier alpha value is -3.13. The van der Waals surface area contributed by atoms with Crippen molar-refractivity contribution in [1.29, 1.82) is 0 Å². The molecule has 8 nitrogen and oxygen atoms in total. The van der Waals surface area contributed by atoms with Crippen LogP contribution < -0.4 is 9.80 Å². The van der Waals surface area contributed by atoms with E-state index in [-0.39, 0.29) is 19.1 Å². The van der Waals surface area contributed by atoms with Crippen molar-refractivity contribution in [1.82, 2.24) is 9.88 Å². The first-order valence-electron chi connectivity index (χ1n) is 10.1. The fourth-order valence-electron chi connectivity index (χ4n) is 4.02. The van der Waals surface area contributed by atoms with E-state index in [4.69, 9.17) is 4.74 Å². The first kappa shape index (κ1) is 20.2. The second-order valence-corrected chi connectivity index (χ2v) is 7.76. The van der Waals surface area contributed by atoms with Crippen LogP contribution in [0, 0.1) is 13.8 Å². The number of nitrogens with zero attached hydrogens (tertiary/aromatic N) is 4. The lowest BCUT2D eigenvalue weighted by Gasteiger charge is -2.36. The van der Waals surface area contributed by atoms with Crippen LogP contribution in [-0.2, 0) is 4.74 Å². The lowest BCUT2D eigenvalue weighted by atomic mass is 10.1. The fourth-order valence-corrected chi connectivity index (χ4v) is 4.02. The number of hydrogen-bond acceptors (Lipinski definition) is 6. The molecule has 2 amide bonds. The van der Waals surface area contributed by atoms with E-state index in [1.165, 1.54) is 4.90 Å². The van der Waals surface area contributed by atoms with Crippen LogP contribution in [0.3, 0.4) is 0 Å². The van der Waals surface area contributed by atoms with E-state index >= 15 is 0 Å². The predicted molar refractivity (Wildman–Crippen MR) is 113 cm³/mol. The van der Waals surface area contributed by atoms with Crippen molar-refractivity contribution in [3.63, 3.8) is 0 Å². The molecule has 1 N–H and O–H groups in total. The number of carbonyl (C=O) groups excluding carboxylic acids is 2. The van der Waals surface area contributed by atoms with E-state index in [1.54, 1.807) is 24.3 Å². The molecule has 158 valence electrons. The summed E-state index contributed by atoms with van der Waals surface area (Å²) in [4.78, 5) is 34.9. The second kappa shape index (κ2) is 8.31. The van der Waals surface area contributed by atoms with Crippen LogP contribution in [0.1, 0.15) is 21.5 Å². The Balaban J connectivity index is 1.40. The number of ether oxygens (including phenoxy) is 1. The molecule has 2 aliphatic heterocycles. The van der Waals surface area contributed by atoms with E-state index in [2.05, 4.69) is 22.9 Å². The van der Waals surface area contributed by atoms with E-state index in [0.29, 0.717) is 24.3 Å². The molecule has 2 aliphatic rings. The number of pyridine rings is 1. The second-order valence-electron chi connectivity index (χ2n) is 7.76. The number of anilines is 2. The summed E-state index contributed by atoms with van der Waals surface area (Å²) in [6.07, 6.45) is 1.39. The lowest BCUT2D eigenvalue weighted by molar-refractivity contribution is 0.0746. The van der Waals surface area contributed by atoms with E-state index in [9.17, 15) is 14.7 Å². The first-order chi connectivity index (χ1) is 14.5. The van der Waals surface area contributed by atoms with Crippen LogP contribution in [0.2, 0.25) is 0 Å². The lowest BCUT2D eigenvalue weighted by Crippen LogP contribution is -2.49. The third-order valence-corrected chi connectivity index (χ3v) is 5.62. The number of piperazine rings is 1. The van der Waals surface area contributed by atoms with Gasteiger partial charge in [-0.25, -0.2) is 9.78 Å². The minimum absolute atomic E-state index is 0.0301. The number of amides is 2. The molecule has 3 heterocycles. The van der Waals surface area contributed by atoms with E-state index < -0.39 is 12.1 Å². The molecular formula is C22H26N4O4. The zero-order valence-electron chi connectivity index (χ0n) is 17.2. The molecule has 8 heteroatoms. The van der Waals surface area contributed by atoms with Crippen LogP contribution in [0.15, 0.2) is 36.5 Å². The van der Waals surface area contributed by atoms with Gasteiger partial charge in [-0.15, -0.1) is 0 Å². The molecule has 0 bridgehead atoms. The summed E-state index contributed by atoms with van der Waals surface area (Å²) in [5.41, 5.74) is 3.47. The number of carbonyl (C=O) groups is 2. The molecule has 1 aromatic carbocycles. The third kappa shape index (κ3) is 3.82. The Morgan fingerprint density at radius 3 is 2.50 bits per heavy atom. The van der Waals surface area contributed by atoms with Gasteiger partial charge in [0, 0.05) is 43.6 Å². The summed E-state index contributed by atoms with van der Waals surface area (Å²) in [7, 11) is 0. The van der Waals surface area contributed by atoms with Crippen LogP contribution in [0.5, 0.6) is 0 Å². The summed E-state index contributed by atoms with van der Waals surface area (Å²) in [6, 6.07) is 8.60. The SMILES string of the molecule is Cc1cnc(N2CCN(C(=O)c3ccc(N4C(=O)OCC4CO)cc3)CC2)c(C)c1. The smallest absolute Gasteiger partial charge is 0.414 e. The van der Waals surface area contributed by atoms with Crippen molar-refractivity contribution >= 4 is 23.5 Å². The monoisotopic (exact) mass is 410 g/mol. The van der Waals surface area contributed by atoms with Gasteiger partial charge in [0.15, 0.2) is 0 Å². The maximum absolute atomic E-state index is 12.9. The van der Waals surface area contributed by atoms with Gasteiger partial charge in [0.2, 0.25) is 0 Å². The summed E-state index contributed by atoms with van der Waals surface area (Å²) in [5.74, 6) is 0.950. The highest BCUT2D eigenvalue weighted by molar-refractivity contribution is 5.96. The Kier molecular flexibility index (Phi) is 5.59. The van der Waals surface area contributed by atoms with Crippen molar-refractivity contribution < 1.29 is 19.4 Å². The highest BCUT2D eigenvalue weighted by atomic mass is 16.6. The van der Waals surface area contributed by atoms with Gasteiger partial charge in [-0.3, -0.25) is 9.69 Å². The van der Waals surface area contributed by atoms with Gasteiger partial charge in [0.05, 0.1) is 12.6 Å². The van der Waals surface area contributed by atoms with Gasteiger partial charge in [-0.05, 0) is 49.2 Å². The minimum Gasteiger partial charge on any atom is -0.447 e. The van der Waals surface area contributed by atoms with E-state index in [1.807, 2.05) is 18.0 Å². The average molecular weight is 410 g/mol. The van der Waals surface area contributed by atoms with Gasteiger partial charge in [-0.1, -0.05) is 6.07 Å². The molecule has 0 aliphatic carbocycles. The molecule has 1 aromatic heterocycles. The molecule has 2 aromatic rings. The number of aliphatic hydroxyl groups excluding tert-OH is 1. The quantitative estimate of drug-likeness (QED) is 0.830. The Labute approximate surface area is 175 Å². The summed E-state index contributed by atoms with van der Waals surface area (Å²) in [6.45, 7) is 6.80. The number of aliphatic hydroxyl groups is 1. The van der Waals surface area contributed by atoms with Gasteiger partial charge in [-0.2, -0.15) is 0 Å². The summed E-state index contributed by atoms with van der Waals surface area (Å²) >= 11 is 0. The first-order valence-corrected chi connectivity index (χ1v) is 10.1. The van der Waals surface area contributed by atoms with Crippen molar-refractivity contribution in [3.05, 3.63) is 53.2 Å². The molecule has 0 saturated carbocycles. The molecule has 1 atom stereocenters. The maximum atomic E-state index is 12.9. The van der Waals surface area contributed by atoms with Crippen molar-refractivity contribution in [2.45, 2.75) is 19.9 Å². The normalized spacial score (nSPS) is 19.2. The number of hydrogen-bond donors (Lipinski definition) is 1. The number of benzene rings is 1. The van der Waals surface area contributed by atoms with Crippen LogP contribution in [0.25, 0.3) is 0 Å². The summed E-state index contributed by atoms with van der Waals surface area (Å²) < 4.78 is 5.00. The molecule has 1 unspecified atom stereocenters. The van der Waals surface area contributed by atoms with Gasteiger partial charge >= 0.3 is 6.09 Å². The van der Waals surface area contributed by atoms with Crippen LogP contribution >= 0.6 is 0 Å². The maximum Gasteiger partial charge on any atom is 0.414 e. The molecular weight excluding hydrogens is 384 g/mol. The van der Waals surface area contributed by atoms with Gasteiger partial charge in [0.25, 0.3) is 5.91 Å². The van der Waals surface area contributed by atoms with Crippen molar-refractivity contribution in [2.75, 3.05) is 49.2 Å². The highest BCUT2D eigenvalue weighted by Crippen LogP contribution is 2.24. The molecule has 4 rings (SSSR count). The van der Waals surface area contributed by atoms with Gasteiger partial charge in [0.1, 0.15) is 12.4 Å². The Morgan fingerprint density at radius 2 is 1.87 bits per heavy atom. The van der Waals surface area contributed by atoms with Crippen LogP contribution in [-0.4, -0.2) is 72.4 Å². The van der Waals surface area contributed by atoms with E-state index in [0.717, 1.165) is 30.0 Å². The molecule has 2 fully saturated rings. The number of cyclic esters (lactones) is 1. The molecule has 30 heavy (non-hydrogen) atoms. The van der Waals surface area contributed by atoms with Gasteiger partial charge < -0.3 is 19.6 Å². The zero-order valence-corrected chi connectivity index (χ0v) is 17.2. The standard InChI is InChI=1S/C22H26N4O4/c1-15-11-16(2)20(23-12-15)24-7-9-25(10-8-24)21(28)17-3-5-18(6-4-17)26-19(13-27)14-30-22(26)29/h3-6,11-12,19,27H,7-10,13-14H2,1-2H3. The molecule has 0 radical (unpaired) electrons. The predicted octanol–water partition coefficient (Wildman–Crippen LogP) is 1.98. The zero-order chi connectivity index (χ0) is 21.3. The summed E-state index contributed by atoms with van der Waals surface area (Å²) in [5, 5.41) is 9.42.